The molecule has 4 rings (SSSR count). The van der Waals surface area contributed by atoms with Crippen molar-refractivity contribution in [2.24, 2.45) is 0 Å². The normalized spacial score (nSPS) is 13.9. The summed E-state index contributed by atoms with van der Waals surface area (Å²) in [5, 5.41) is 15.1. The molecule has 1 fully saturated rings. The molecule has 0 unspecified atom stereocenters. The average molecular weight is 506 g/mol. The van der Waals surface area contributed by atoms with Crippen LogP contribution in [0.5, 0.6) is 11.5 Å². The van der Waals surface area contributed by atoms with E-state index in [-0.39, 0.29) is 28.3 Å². The molecular weight excluding hydrogens is 487 g/mol. The van der Waals surface area contributed by atoms with E-state index in [1.54, 1.807) is 30.3 Å². The molecule has 1 aliphatic heterocycles. The first-order valence-corrected chi connectivity index (χ1v) is 10.7. The summed E-state index contributed by atoms with van der Waals surface area (Å²) >= 11 is 0. The number of methoxy groups -OCH3 is 1. The summed E-state index contributed by atoms with van der Waals surface area (Å²) in [5.41, 5.74) is 2.08. The summed E-state index contributed by atoms with van der Waals surface area (Å²) in [6.07, 6.45) is 1.19. The number of nitrogens with one attached hydrogen (secondary N) is 2. The lowest BCUT2D eigenvalue weighted by Crippen LogP contribution is -2.35. The zero-order chi connectivity index (χ0) is 26.5. The molecule has 1 saturated heterocycles. The maximum Gasteiger partial charge on any atom is 0.315 e. The van der Waals surface area contributed by atoms with Gasteiger partial charge in [-0.3, -0.25) is 29.9 Å². The molecule has 1 aliphatic rings. The Kier molecular flexibility index (Phi) is 7.09. The van der Waals surface area contributed by atoms with Gasteiger partial charge in [0.05, 0.1) is 23.4 Å². The zero-order valence-electron chi connectivity index (χ0n) is 19.3. The standard InChI is InChI=1S/C25H19FN4O7/c1-36-21-13-15(11-17-24(32)28-29(25(17)33)16-7-3-2-4-8-16)12-20(30(34)35)23(21)37-14-22(31)27-19-10-6-5-9-18(19)26/h2-13H,14H2,1H3,(H,27,31)(H,28,32)/b17-11-. The third-order valence-corrected chi connectivity index (χ3v) is 5.19. The van der Waals surface area contributed by atoms with Crippen molar-refractivity contribution >= 4 is 40.9 Å². The topological polar surface area (TPSA) is 140 Å². The van der Waals surface area contributed by atoms with Gasteiger partial charge in [-0.05, 0) is 42.0 Å². The van der Waals surface area contributed by atoms with Crippen molar-refractivity contribution in [1.82, 2.24) is 5.43 Å². The van der Waals surface area contributed by atoms with Gasteiger partial charge in [0, 0.05) is 6.07 Å². The van der Waals surface area contributed by atoms with E-state index in [2.05, 4.69) is 10.7 Å². The van der Waals surface area contributed by atoms with Crippen molar-refractivity contribution in [3.8, 4) is 11.5 Å². The first-order chi connectivity index (χ1) is 17.8. The lowest BCUT2D eigenvalue weighted by atomic mass is 10.1. The Morgan fingerprint density at radius 1 is 1.14 bits per heavy atom. The van der Waals surface area contributed by atoms with Crippen LogP contribution in [-0.2, 0) is 14.4 Å². The molecule has 3 aromatic rings. The van der Waals surface area contributed by atoms with Crippen LogP contribution in [0.2, 0.25) is 0 Å². The number of halogens is 1. The van der Waals surface area contributed by atoms with Crippen LogP contribution in [0.15, 0.2) is 72.3 Å². The second kappa shape index (κ2) is 10.6. The number of hydrogen-bond acceptors (Lipinski definition) is 7. The van der Waals surface area contributed by atoms with E-state index in [4.69, 9.17) is 9.47 Å². The van der Waals surface area contributed by atoms with E-state index in [0.29, 0.717) is 5.69 Å². The maximum absolute atomic E-state index is 13.8. The molecule has 0 atom stereocenters. The van der Waals surface area contributed by atoms with Gasteiger partial charge in [-0.1, -0.05) is 30.3 Å². The van der Waals surface area contributed by atoms with Gasteiger partial charge in [-0.15, -0.1) is 0 Å². The van der Waals surface area contributed by atoms with Crippen LogP contribution in [0.4, 0.5) is 21.5 Å². The molecule has 2 N–H and O–H groups in total. The highest BCUT2D eigenvalue weighted by Crippen LogP contribution is 2.39. The first-order valence-electron chi connectivity index (χ1n) is 10.7. The smallest absolute Gasteiger partial charge is 0.315 e. The third kappa shape index (κ3) is 5.37. The van der Waals surface area contributed by atoms with Crippen molar-refractivity contribution in [3.63, 3.8) is 0 Å². The largest absolute Gasteiger partial charge is 0.493 e. The number of carbonyl (C=O) groups excluding carboxylic acids is 3. The average Bonchev–Trinajstić information content (AvgIpc) is 3.17. The maximum atomic E-state index is 13.8. The third-order valence-electron chi connectivity index (χ3n) is 5.19. The fourth-order valence-electron chi connectivity index (χ4n) is 3.49. The number of rotatable bonds is 8. The molecule has 0 aromatic heterocycles. The van der Waals surface area contributed by atoms with Gasteiger partial charge in [0.1, 0.15) is 11.4 Å². The number of ether oxygens (including phenoxy) is 2. The number of nitro groups is 1. The molecule has 37 heavy (non-hydrogen) atoms. The number of hydrogen-bond donors (Lipinski definition) is 2. The van der Waals surface area contributed by atoms with Crippen LogP contribution in [-0.4, -0.2) is 36.4 Å². The van der Waals surface area contributed by atoms with E-state index in [1.807, 2.05) is 0 Å². The summed E-state index contributed by atoms with van der Waals surface area (Å²) in [6.45, 7) is -0.682. The van der Waals surface area contributed by atoms with Gasteiger partial charge in [0.25, 0.3) is 17.7 Å². The van der Waals surface area contributed by atoms with Gasteiger partial charge < -0.3 is 14.8 Å². The van der Waals surface area contributed by atoms with Gasteiger partial charge in [-0.2, -0.15) is 0 Å². The van der Waals surface area contributed by atoms with Crippen LogP contribution in [0.1, 0.15) is 5.56 Å². The van der Waals surface area contributed by atoms with Crippen molar-refractivity contribution in [3.05, 3.63) is 93.8 Å². The number of nitro benzene ring substituents is 1. The minimum absolute atomic E-state index is 0.0800. The Bertz CT molecular complexity index is 1430. The monoisotopic (exact) mass is 506 g/mol. The Morgan fingerprint density at radius 3 is 2.51 bits per heavy atom. The number of carbonyl (C=O) groups is 3. The SMILES string of the molecule is COc1cc(/C=C2/C(=O)NN(c3ccccc3)C2=O)cc([N+](=O)[O-])c1OCC(=O)Nc1ccccc1F. The van der Waals surface area contributed by atoms with Gasteiger partial charge in [0.15, 0.2) is 12.4 Å². The summed E-state index contributed by atoms with van der Waals surface area (Å²) in [4.78, 5) is 48.5. The molecule has 3 aromatic carbocycles. The Hall–Kier alpha value is -5.26. The highest BCUT2D eigenvalue weighted by molar-refractivity contribution is 6.31. The molecule has 0 saturated carbocycles. The number of anilines is 2. The fourth-order valence-corrected chi connectivity index (χ4v) is 3.49. The highest BCUT2D eigenvalue weighted by Gasteiger charge is 2.35. The van der Waals surface area contributed by atoms with Crippen LogP contribution in [0.25, 0.3) is 6.08 Å². The van der Waals surface area contributed by atoms with Crippen molar-refractivity contribution < 1.29 is 33.2 Å². The molecule has 188 valence electrons. The Balaban J connectivity index is 1.59. The van der Waals surface area contributed by atoms with E-state index < -0.39 is 40.8 Å². The lowest BCUT2D eigenvalue weighted by Gasteiger charge is -2.14. The quantitative estimate of drug-likeness (QED) is 0.207. The van der Waals surface area contributed by atoms with Crippen molar-refractivity contribution in [2.75, 3.05) is 24.0 Å². The Labute approximate surface area is 209 Å². The van der Waals surface area contributed by atoms with E-state index in [9.17, 15) is 28.9 Å². The van der Waals surface area contributed by atoms with E-state index in [1.165, 1.54) is 37.5 Å². The minimum Gasteiger partial charge on any atom is -0.493 e. The van der Waals surface area contributed by atoms with E-state index in [0.717, 1.165) is 17.1 Å². The summed E-state index contributed by atoms with van der Waals surface area (Å²) in [5.74, 6) is -3.24. The molecule has 3 amide bonds. The number of hydrazine groups is 1. The number of para-hydroxylation sites is 2. The summed E-state index contributed by atoms with van der Waals surface area (Å²) < 4.78 is 24.3. The molecule has 1 heterocycles. The summed E-state index contributed by atoms with van der Waals surface area (Å²) in [6, 6.07) is 16.3. The predicted octanol–water partition coefficient (Wildman–Crippen LogP) is 3.22. The highest BCUT2D eigenvalue weighted by atomic mass is 19.1. The summed E-state index contributed by atoms with van der Waals surface area (Å²) in [7, 11) is 1.23. The molecular formula is C25H19FN4O7. The van der Waals surface area contributed by atoms with E-state index >= 15 is 0 Å². The molecule has 0 bridgehead atoms. The molecule has 0 spiro atoms. The van der Waals surface area contributed by atoms with Gasteiger partial charge in [0.2, 0.25) is 5.75 Å². The molecule has 0 radical (unpaired) electrons. The predicted molar refractivity (Wildman–Crippen MR) is 130 cm³/mol. The van der Waals surface area contributed by atoms with Crippen molar-refractivity contribution in [2.45, 2.75) is 0 Å². The van der Waals surface area contributed by atoms with Crippen LogP contribution < -0.4 is 25.2 Å². The van der Waals surface area contributed by atoms with Crippen LogP contribution >= 0.6 is 0 Å². The number of amides is 3. The Morgan fingerprint density at radius 2 is 1.84 bits per heavy atom. The molecule has 0 aliphatic carbocycles. The zero-order valence-corrected chi connectivity index (χ0v) is 19.3. The minimum atomic E-state index is -0.762. The van der Waals surface area contributed by atoms with Crippen LogP contribution in [0, 0.1) is 15.9 Å². The van der Waals surface area contributed by atoms with Crippen LogP contribution in [0.3, 0.4) is 0 Å². The fraction of sp³-hybridized carbons (Fsp3) is 0.0800. The lowest BCUT2D eigenvalue weighted by molar-refractivity contribution is -0.385. The number of nitrogens with zero attached hydrogens (tertiary/aromatic N) is 2. The van der Waals surface area contributed by atoms with Gasteiger partial charge in [-0.25, -0.2) is 9.40 Å². The second-order valence-corrected chi connectivity index (χ2v) is 7.62. The number of benzene rings is 3. The van der Waals surface area contributed by atoms with Crippen molar-refractivity contribution in [1.29, 1.82) is 0 Å². The molecule has 12 heteroatoms. The van der Waals surface area contributed by atoms with Gasteiger partial charge >= 0.3 is 5.69 Å². The first kappa shape index (κ1) is 24.9. The molecule has 11 nitrogen and oxygen atoms in total. The second-order valence-electron chi connectivity index (χ2n) is 7.62.